The van der Waals surface area contributed by atoms with Gasteiger partial charge in [0.25, 0.3) is 0 Å². The van der Waals surface area contributed by atoms with Crippen LogP contribution in [0.3, 0.4) is 0 Å². The lowest BCUT2D eigenvalue weighted by molar-refractivity contribution is -0.114. The Balaban J connectivity index is 0.000000272. The molecule has 0 atom stereocenters. The van der Waals surface area contributed by atoms with E-state index in [1.807, 2.05) is 0 Å². The van der Waals surface area contributed by atoms with Crippen molar-refractivity contribution in [1.82, 2.24) is 0 Å². The molecule has 4 rings (SSSR count). The fraction of sp³-hybridized carbons (Fsp3) is 0.105. The van der Waals surface area contributed by atoms with Crippen LogP contribution in [0.2, 0.25) is 0 Å². The van der Waals surface area contributed by atoms with Crippen molar-refractivity contribution in [2.45, 2.75) is 13.8 Å². The van der Waals surface area contributed by atoms with Crippen LogP contribution in [0.1, 0.15) is 13.8 Å². The molecule has 0 fully saturated rings. The number of hydrogen-bond acceptors (Lipinski definition) is 1. The summed E-state index contributed by atoms with van der Waals surface area (Å²) >= 11 is 0. The number of benzene rings is 4. The average Bonchev–Trinajstić information content (AvgIpc) is 2.44. The van der Waals surface area contributed by atoms with Crippen molar-refractivity contribution >= 4 is 38.1 Å². The molecule has 0 radical (unpaired) electrons. The van der Waals surface area contributed by atoms with Gasteiger partial charge in [0.2, 0.25) is 0 Å². The number of ketones is 1. The molecule has 0 saturated heterocycles. The largest absolute Gasteiger partial charge is 0.300 e. The standard InChI is InChI=1S/C16H10.C3H6O/c1-3-11-7-9-13-5-2-6-14-10-8-12(4-1)15(11)16(13)14;1-3(2)4/h1-10H;1-2H3. The second kappa shape index (κ2) is 4.93. The van der Waals surface area contributed by atoms with E-state index < -0.39 is 0 Å². The van der Waals surface area contributed by atoms with Crippen molar-refractivity contribution in [3.05, 3.63) is 60.7 Å². The summed E-state index contributed by atoms with van der Waals surface area (Å²) in [6.07, 6.45) is 0. The maximum Gasteiger partial charge on any atom is 0.126 e. The first-order valence-electron chi connectivity index (χ1n) is 6.76. The van der Waals surface area contributed by atoms with Crippen molar-refractivity contribution in [2.75, 3.05) is 0 Å². The first kappa shape index (κ1) is 12.6. The molecule has 0 aliphatic rings. The van der Waals surface area contributed by atoms with E-state index >= 15 is 0 Å². The van der Waals surface area contributed by atoms with Crippen molar-refractivity contribution in [1.29, 1.82) is 0 Å². The molecule has 0 amide bonds. The van der Waals surface area contributed by atoms with Crippen LogP contribution in [-0.2, 0) is 4.79 Å². The number of carbonyl (C=O) groups is 1. The zero-order chi connectivity index (χ0) is 14.1. The van der Waals surface area contributed by atoms with E-state index in [4.69, 9.17) is 0 Å². The predicted octanol–water partition coefficient (Wildman–Crippen LogP) is 5.18. The SMILES string of the molecule is CC(C)=O.c1cc2ccc3cccc4ccc(c1)c2c34. The molecule has 98 valence electrons. The van der Waals surface area contributed by atoms with Gasteiger partial charge in [0.1, 0.15) is 5.78 Å². The Morgan fingerprint density at radius 3 is 1.10 bits per heavy atom. The van der Waals surface area contributed by atoms with E-state index in [1.54, 1.807) is 0 Å². The van der Waals surface area contributed by atoms with Crippen molar-refractivity contribution in [3.63, 3.8) is 0 Å². The van der Waals surface area contributed by atoms with Crippen molar-refractivity contribution < 1.29 is 4.79 Å². The highest BCUT2D eigenvalue weighted by atomic mass is 16.1. The Bertz CT molecular complexity index is 756. The summed E-state index contributed by atoms with van der Waals surface area (Å²) in [5, 5.41) is 8.14. The summed E-state index contributed by atoms with van der Waals surface area (Å²) in [6, 6.07) is 21.9. The van der Waals surface area contributed by atoms with Crippen molar-refractivity contribution in [2.24, 2.45) is 0 Å². The van der Waals surface area contributed by atoms with E-state index in [9.17, 15) is 4.79 Å². The molecular formula is C19H16O. The first-order chi connectivity index (χ1) is 9.66. The maximum atomic E-state index is 9.44. The molecule has 4 aromatic rings. The highest BCUT2D eigenvalue weighted by Gasteiger charge is 2.05. The monoisotopic (exact) mass is 260 g/mol. The molecule has 0 aliphatic heterocycles. The van der Waals surface area contributed by atoms with Crippen LogP contribution in [-0.4, -0.2) is 5.78 Å². The third kappa shape index (κ3) is 2.12. The summed E-state index contributed by atoms with van der Waals surface area (Å²) in [5.74, 6) is 0.167. The van der Waals surface area contributed by atoms with Crippen LogP contribution in [0.4, 0.5) is 0 Å². The van der Waals surface area contributed by atoms with E-state index in [1.165, 1.54) is 46.2 Å². The minimum Gasteiger partial charge on any atom is -0.300 e. The normalized spacial score (nSPS) is 10.7. The summed E-state index contributed by atoms with van der Waals surface area (Å²) in [6.45, 7) is 3.06. The minimum atomic E-state index is 0.167. The summed E-state index contributed by atoms with van der Waals surface area (Å²) in [7, 11) is 0. The fourth-order valence-electron chi connectivity index (χ4n) is 2.67. The zero-order valence-corrected chi connectivity index (χ0v) is 11.7. The second-order valence-corrected chi connectivity index (χ2v) is 5.20. The molecule has 0 unspecified atom stereocenters. The first-order valence-corrected chi connectivity index (χ1v) is 6.76. The predicted molar refractivity (Wildman–Crippen MR) is 86.5 cm³/mol. The lowest BCUT2D eigenvalue weighted by Crippen LogP contribution is -1.82. The van der Waals surface area contributed by atoms with Crippen LogP contribution >= 0.6 is 0 Å². The Hall–Kier alpha value is -2.41. The molecule has 0 spiro atoms. The van der Waals surface area contributed by atoms with E-state index in [0.29, 0.717) is 0 Å². The molecule has 0 heterocycles. The molecular weight excluding hydrogens is 244 g/mol. The molecule has 0 aromatic heterocycles. The number of carbonyl (C=O) groups excluding carboxylic acids is 1. The summed E-state index contributed by atoms with van der Waals surface area (Å²) in [5.41, 5.74) is 0. The van der Waals surface area contributed by atoms with Gasteiger partial charge < -0.3 is 4.79 Å². The lowest BCUT2D eigenvalue weighted by atomic mass is 9.95. The van der Waals surface area contributed by atoms with Gasteiger partial charge >= 0.3 is 0 Å². The van der Waals surface area contributed by atoms with Crippen LogP contribution in [0.15, 0.2) is 60.7 Å². The van der Waals surface area contributed by atoms with E-state index in [0.717, 1.165) is 0 Å². The van der Waals surface area contributed by atoms with E-state index in [-0.39, 0.29) is 5.78 Å². The van der Waals surface area contributed by atoms with Gasteiger partial charge in [-0.3, -0.25) is 0 Å². The highest BCUT2D eigenvalue weighted by molar-refractivity contribution is 6.22. The number of rotatable bonds is 0. The Kier molecular flexibility index (Phi) is 3.11. The molecule has 0 N–H and O–H groups in total. The van der Waals surface area contributed by atoms with Gasteiger partial charge in [-0.25, -0.2) is 0 Å². The number of hydrogen-bond donors (Lipinski definition) is 0. The molecule has 0 aliphatic carbocycles. The van der Waals surface area contributed by atoms with E-state index in [2.05, 4.69) is 60.7 Å². The smallest absolute Gasteiger partial charge is 0.126 e. The van der Waals surface area contributed by atoms with Crippen LogP contribution in [0.25, 0.3) is 32.3 Å². The van der Waals surface area contributed by atoms with Gasteiger partial charge in [-0.2, -0.15) is 0 Å². The summed E-state index contributed by atoms with van der Waals surface area (Å²) < 4.78 is 0. The second-order valence-electron chi connectivity index (χ2n) is 5.20. The van der Waals surface area contributed by atoms with Gasteiger partial charge in [-0.1, -0.05) is 60.7 Å². The third-order valence-electron chi connectivity index (χ3n) is 3.39. The quantitative estimate of drug-likeness (QED) is 0.398. The Morgan fingerprint density at radius 1 is 0.600 bits per heavy atom. The molecule has 0 saturated carbocycles. The molecule has 1 nitrogen and oxygen atoms in total. The summed E-state index contributed by atoms with van der Waals surface area (Å²) in [4.78, 5) is 9.44. The highest BCUT2D eigenvalue weighted by Crippen LogP contribution is 2.33. The Labute approximate surface area is 118 Å². The number of Topliss-reactive ketones (excluding diaryl/α,β-unsaturated/α-hetero) is 1. The Morgan fingerprint density at radius 2 is 0.850 bits per heavy atom. The maximum absolute atomic E-state index is 9.44. The molecule has 20 heavy (non-hydrogen) atoms. The van der Waals surface area contributed by atoms with Gasteiger partial charge in [0.15, 0.2) is 0 Å². The van der Waals surface area contributed by atoms with Gasteiger partial charge in [-0.05, 0) is 46.2 Å². The lowest BCUT2D eigenvalue weighted by Gasteiger charge is -2.09. The molecule has 4 aromatic carbocycles. The minimum absolute atomic E-state index is 0.167. The third-order valence-corrected chi connectivity index (χ3v) is 3.39. The van der Waals surface area contributed by atoms with Gasteiger partial charge in [0, 0.05) is 0 Å². The van der Waals surface area contributed by atoms with Crippen LogP contribution in [0, 0.1) is 0 Å². The fourth-order valence-corrected chi connectivity index (χ4v) is 2.67. The van der Waals surface area contributed by atoms with Gasteiger partial charge in [0.05, 0.1) is 0 Å². The average molecular weight is 260 g/mol. The van der Waals surface area contributed by atoms with Crippen LogP contribution in [0.5, 0.6) is 0 Å². The van der Waals surface area contributed by atoms with Crippen molar-refractivity contribution in [3.8, 4) is 0 Å². The molecule has 0 bridgehead atoms. The zero-order valence-electron chi connectivity index (χ0n) is 11.7. The van der Waals surface area contributed by atoms with Crippen LogP contribution < -0.4 is 0 Å². The topological polar surface area (TPSA) is 17.1 Å². The molecule has 1 heteroatoms. The van der Waals surface area contributed by atoms with Gasteiger partial charge in [-0.15, -0.1) is 0 Å².